The Balaban J connectivity index is 2.59. The summed E-state index contributed by atoms with van der Waals surface area (Å²) in [6.07, 6.45) is 9.27. The second-order valence-corrected chi connectivity index (χ2v) is 5.35. The van der Waals surface area contributed by atoms with E-state index in [1.165, 1.54) is 25.7 Å². The fourth-order valence-corrected chi connectivity index (χ4v) is 2.30. The van der Waals surface area contributed by atoms with Gasteiger partial charge in [-0.2, -0.15) is 0 Å². The molecule has 1 aromatic rings. The van der Waals surface area contributed by atoms with Crippen LogP contribution in [0.5, 0.6) is 5.75 Å². The van der Waals surface area contributed by atoms with Gasteiger partial charge in [0.05, 0.1) is 6.61 Å². The van der Waals surface area contributed by atoms with E-state index in [9.17, 15) is 4.79 Å². The third kappa shape index (κ3) is 6.16. The van der Waals surface area contributed by atoms with Crippen molar-refractivity contribution in [3.63, 3.8) is 0 Å². The molecular formula is C19H28O2. The fourth-order valence-electron chi connectivity index (χ4n) is 2.30. The molecule has 0 aliphatic rings. The standard InChI is InChI=1S/C19H28O2/c1-4-7-8-9-10-14-21-19-13-12-16(18(20)6-3)15-17(19)11-5-2/h5,12-13,15H,2,4,6-11,14H2,1,3H3. The van der Waals surface area contributed by atoms with E-state index in [4.69, 9.17) is 4.74 Å². The number of allylic oxidation sites excluding steroid dienone is 1. The van der Waals surface area contributed by atoms with Crippen LogP contribution in [-0.4, -0.2) is 12.4 Å². The van der Waals surface area contributed by atoms with Gasteiger partial charge in [-0.1, -0.05) is 45.6 Å². The van der Waals surface area contributed by atoms with Gasteiger partial charge in [0.1, 0.15) is 5.75 Å². The molecule has 0 spiro atoms. The Hall–Kier alpha value is -1.57. The smallest absolute Gasteiger partial charge is 0.162 e. The Morgan fingerprint density at radius 2 is 1.95 bits per heavy atom. The highest BCUT2D eigenvalue weighted by Crippen LogP contribution is 2.22. The third-order valence-corrected chi connectivity index (χ3v) is 3.57. The molecule has 0 radical (unpaired) electrons. The number of ether oxygens (including phenoxy) is 1. The summed E-state index contributed by atoms with van der Waals surface area (Å²) in [4.78, 5) is 11.8. The van der Waals surface area contributed by atoms with Gasteiger partial charge in [-0.05, 0) is 36.6 Å². The number of benzene rings is 1. The van der Waals surface area contributed by atoms with Crippen molar-refractivity contribution < 1.29 is 9.53 Å². The highest BCUT2D eigenvalue weighted by molar-refractivity contribution is 5.96. The summed E-state index contributed by atoms with van der Waals surface area (Å²) in [5.74, 6) is 1.06. The van der Waals surface area contributed by atoms with E-state index in [0.717, 1.165) is 36.3 Å². The Bertz CT molecular complexity index is 449. The highest BCUT2D eigenvalue weighted by atomic mass is 16.5. The zero-order chi connectivity index (χ0) is 15.5. The molecule has 1 aromatic carbocycles. The van der Waals surface area contributed by atoms with E-state index in [0.29, 0.717) is 6.42 Å². The maximum Gasteiger partial charge on any atom is 0.162 e. The van der Waals surface area contributed by atoms with E-state index in [-0.39, 0.29) is 5.78 Å². The number of carbonyl (C=O) groups excluding carboxylic acids is 1. The van der Waals surface area contributed by atoms with Gasteiger partial charge in [0.15, 0.2) is 5.78 Å². The minimum Gasteiger partial charge on any atom is -0.493 e. The second-order valence-electron chi connectivity index (χ2n) is 5.35. The normalized spacial score (nSPS) is 10.4. The zero-order valence-corrected chi connectivity index (χ0v) is 13.5. The minimum absolute atomic E-state index is 0.173. The first-order valence-electron chi connectivity index (χ1n) is 8.12. The summed E-state index contributed by atoms with van der Waals surface area (Å²) in [5, 5.41) is 0. The van der Waals surface area contributed by atoms with Crippen molar-refractivity contribution in [1.29, 1.82) is 0 Å². The molecule has 0 saturated heterocycles. The van der Waals surface area contributed by atoms with Gasteiger partial charge in [-0.25, -0.2) is 0 Å². The number of hydrogen-bond donors (Lipinski definition) is 0. The van der Waals surface area contributed by atoms with Gasteiger partial charge in [0.25, 0.3) is 0 Å². The molecular weight excluding hydrogens is 260 g/mol. The van der Waals surface area contributed by atoms with E-state index >= 15 is 0 Å². The zero-order valence-electron chi connectivity index (χ0n) is 13.5. The van der Waals surface area contributed by atoms with Crippen molar-refractivity contribution in [2.24, 2.45) is 0 Å². The topological polar surface area (TPSA) is 26.3 Å². The van der Waals surface area contributed by atoms with Crippen LogP contribution in [0.2, 0.25) is 0 Å². The molecule has 2 heteroatoms. The number of rotatable bonds is 11. The molecule has 0 aliphatic carbocycles. The number of carbonyl (C=O) groups is 1. The van der Waals surface area contributed by atoms with Crippen molar-refractivity contribution in [2.45, 2.75) is 58.8 Å². The molecule has 0 atom stereocenters. The van der Waals surface area contributed by atoms with Crippen molar-refractivity contribution in [3.8, 4) is 5.75 Å². The number of Topliss-reactive ketones (excluding diaryl/α,β-unsaturated/α-hetero) is 1. The lowest BCUT2D eigenvalue weighted by Crippen LogP contribution is -2.03. The van der Waals surface area contributed by atoms with Crippen LogP contribution in [0.4, 0.5) is 0 Å². The molecule has 21 heavy (non-hydrogen) atoms. The van der Waals surface area contributed by atoms with E-state index in [1.807, 2.05) is 31.2 Å². The molecule has 2 nitrogen and oxygen atoms in total. The Morgan fingerprint density at radius 3 is 2.62 bits per heavy atom. The van der Waals surface area contributed by atoms with Crippen LogP contribution in [0.1, 0.15) is 68.3 Å². The van der Waals surface area contributed by atoms with Crippen LogP contribution in [0, 0.1) is 0 Å². The van der Waals surface area contributed by atoms with Crippen LogP contribution in [0.25, 0.3) is 0 Å². The lowest BCUT2D eigenvalue weighted by molar-refractivity contribution is 0.0988. The summed E-state index contributed by atoms with van der Waals surface area (Å²) in [6, 6.07) is 5.73. The molecule has 0 bridgehead atoms. The summed E-state index contributed by atoms with van der Waals surface area (Å²) >= 11 is 0. The summed E-state index contributed by atoms with van der Waals surface area (Å²) in [6.45, 7) is 8.63. The van der Waals surface area contributed by atoms with Crippen LogP contribution in [0.15, 0.2) is 30.9 Å². The predicted molar refractivity (Wildman–Crippen MR) is 89.2 cm³/mol. The van der Waals surface area contributed by atoms with Gasteiger partial charge in [-0.3, -0.25) is 4.79 Å². The van der Waals surface area contributed by atoms with Crippen molar-refractivity contribution in [2.75, 3.05) is 6.61 Å². The first-order valence-corrected chi connectivity index (χ1v) is 8.12. The van der Waals surface area contributed by atoms with Gasteiger partial charge >= 0.3 is 0 Å². The first kappa shape index (κ1) is 17.5. The quantitative estimate of drug-likeness (QED) is 0.311. The highest BCUT2D eigenvalue weighted by Gasteiger charge is 2.08. The summed E-state index contributed by atoms with van der Waals surface area (Å²) in [7, 11) is 0. The molecule has 0 aliphatic heterocycles. The molecule has 0 fully saturated rings. The predicted octanol–water partition coefficient (Wildman–Crippen LogP) is 5.36. The SMILES string of the molecule is C=CCc1cc(C(=O)CC)ccc1OCCCCCCC. The van der Waals surface area contributed by atoms with Crippen LogP contribution in [-0.2, 0) is 6.42 Å². The monoisotopic (exact) mass is 288 g/mol. The summed E-state index contributed by atoms with van der Waals surface area (Å²) < 4.78 is 5.88. The maximum absolute atomic E-state index is 11.8. The lowest BCUT2D eigenvalue weighted by atomic mass is 10.0. The van der Waals surface area contributed by atoms with Crippen molar-refractivity contribution in [1.82, 2.24) is 0 Å². The average Bonchev–Trinajstić information content (AvgIpc) is 2.51. The van der Waals surface area contributed by atoms with E-state index in [2.05, 4.69) is 13.5 Å². The van der Waals surface area contributed by atoms with E-state index < -0.39 is 0 Å². The molecule has 0 N–H and O–H groups in total. The lowest BCUT2D eigenvalue weighted by Gasteiger charge is -2.12. The molecule has 0 saturated carbocycles. The number of ketones is 1. The second kappa shape index (κ2) is 10.2. The molecule has 1 rings (SSSR count). The van der Waals surface area contributed by atoms with Crippen LogP contribution < -0.4 is 4.74 Å². The maximum atomic E-state index is 11.8. The van der Waals surface area contributed by atoms with Crippen LogP contribution >= 0.6 is 0 Å². The van der Waals surface area contributed by atoms with Gasteiger partial charge in [-0.15, -0.1) is 6.58 Å². The first-order chi connectivity index (χ1) is 10.2. The fraction of sp³-hybridized carbons (Fsp3) is 0.526. The largest absolute Gasteiger partial charge is 0.493 e. The van der Waals surface area contributed by atoms with Gasteiger partial charge in [0, 0.05) is 12.0 Å². The number of hydrogen-bond acceptors (Lipinski definition) is 2. The van der Waals surface area contributed by atoms with Crippen molar-refractivity contribution >= 4 is 5.78 Å². The third-order valence-electron chi connectivity index (χ3n) is 3.57. The Morgan fingerprint density at radius 1 is 1.19 bits per heavy atom. The van der Waals surface area contributed by atoms with E-state index in [1.54, 1.807) is 0 Å². The molecule has 116 valence electrons. The average molecular weight is 288 g/mol. The molecule has 0 heterocycles. The number of unbranched alkanes of at least 4 members (excludes halogenated alkanes) is 4. The van der Waals surface area contributed by atoms with Crippen molar-refractivity contribution in [3.05, 3.63) is 42.0 Å². The minimum atomic E-state index is 0.173. The Labute approximate surface area is 129 Å². The molecule has 0 unspecified atom stereocenters. The molecule has 0 amide bonds. The van der Waals surface area contributed by atoms with Crippen LogP contribution in [0.3, 0.4) is 0 Å². The Kier molecular flexibility index (Phi) is 8.49. The molecule has 0 aromatic heterocycles. The van der Waals surface area contributed by atoms with Gasteiger partial charge in [0.2, 0.25) is 0 Å². The van der Waals surface area contributed by atoms with Gasteiger partial charge < -0.3 is 4.74 Å². The summed E-state index contributed by atoms with van der Waals surface area (Å²) in [5.41, 5.74) is 1.82.